The molecule has 1 heterocycles. The second-order valence-electron chi connectivity index (χ2n) is 4.27. The Morgan fingerprint density at radius 2 is 2.17 bits per heavy atom. The van der Waals surface area contributed by atoms with Crippen LogP contribution in [0.2, 0.25) is 0 Å². The van der Waals surface area contributed by atoms with Crippen LogP contribution in [0.4, 0.5) is 4.39 Å². The van der Waals surface area contributed by atoms with E-state index in [9.17, 15) is 4.39 Å². The van der Waals surface area contributed by atoms with E-state index in [1.807, 2.05) is 12.3 Å². The molecular weight excluding hydrogens is 265 g/mol. The van der Waals surface area contributed by atoms with Gasteiger partial charge in [-0.25, -0.2) is 9.37 Å². The second kappa shape index (κ2) is 5.85. The molecule has 0 saturated heterocycles. The van der Waals surface area contributed by atoms with Gasteiger partial charge in [0.05, 0.1) is 5.56 Å². The van der Waals surface area contributed by atoms with Crippen LogP contribution in [0.15, 0.2) is 29.3 Å². The van der Waals surface area contributed by atoms with E-state index >= 15 is 0 Å². The maximum atomic E-state index is 14.0. The Morgan fingerprint density at radius 3 is 2.78 bits per heavy atom. The third-order valence-corrected chi connectivity index (χ3v) is 4.84. The highest BCUT2D eigenvalue weighted by Crippen LogP contribution is 2.37. The van der Waals surface area contributed by atoms with Gasteiger partial charge in [-0.2, -0.15) is 0 Å². The van der Waals surface area contributed by atoms with Crippen molar-refractivity contribution >= 4 is 23.1 Å². The van der Waals surface area contributed by atoms with Crippen LogP contribution >= 0.6 is 23.1 Å². The van der Waals surface area contributed by atoms with Gasteiger partial charge < -0.3 is 0 Å². The van der Waals surface area contributed by atoms with Gasteiger partial charge in [0, 0.05) is 16.0 Å². The van der Waals surface area contributed by atoms with Gasteiger partial charge in [0.2, 0.25) is 0 Å². The van der Waals surface area contributed by atoms with Crippen molar-refractivity contribution in [2.75, 3.05) is 5.75 Å². The zero-order chi connectivity index (χ0) is 13.1. The van der Waals surface area contributed by atoms with Crippen LogP contribution in [0.3, 0.4) is 0 Å². The van der Waals surface area contributed by atoms with Crippen molar-refractivity contribution in [1.82, 2.24) is 4.98 Å². The summed E-state index contributed by atoms with van der Waals surface area (Å²) < 4.78 is 14.0. The molecule has 0 aliphatic carbocycles. The van der Waals surface area contributed by atoms with E-state index < -0.39 is 0 Å². The first-order chi connectivity index (χ1) is 8.63. The Morgan fingerprint density at radius 1 is 1.39 bits per heavy atom. The third kappa shape index (κ3) is 2.75. The molecule has 0 aliphatic rings. The van der Waals surface area contributed by atoms with E-state index in [4.69, 9.17) is 0 Å². The maximum absolute atomic E-state index is 14.0. The van der Waals surface area contributed by atoms with E-state index in [0.29, 0.717) is 11.5 Å². The number of halogens is 1. The van der Waals surface area contributed by atoms with Gasteiger partial charge in [-0.1, -0.05) is 26.8 Å². The van der Waals surface area contributed by atoms with Crippen molar-refractivity contribution in [2.45, 2.75) is 31.6 Å². The molecule has 2 aromatic rings. The number of benzene rings is 1. The summed E-state index contributed by atoms with van der Waals surface area (Å²) in [6.07, 6.45) is 1.86. The largest absolute Gasteiger partial charge is 0.244 e. The maximum Gasteiger partial charge on any atom is 0.134 e. The summed E-state index contributed by atoms with van der Waals surface area (Å²) in [4.78, 5) is 6.55. The minimum Gasteiger partial charge on any atom is -0.244 e. The molecule has 96 valence electrons. The highest BCUT2D eigenvalue weighted by Gasteiger charge is 2.15. The molecule has 0 amide bonds. The van der Waals surface area contributed by atoms with E-state index in [2.05, 4.69) is 25.8 Å². The zero-order valence-corrected chi connectivity index (χ0v) is 12.4. The molecule has 0 N–H and O–H groups in total. The number of aromatic nitrogens is 1. The topological polar surface area (TPSA) is 12.9 Å². The van der Waals surface area contributed by atoms with Crippen molar-refractivity contribution in [2.24, 2.45) is 0 Å². The van der Waals surface area contributed by atoms with Gasteiger partial charge in [0.15, 0.2) is 0 Å². The average molecular weight is 281 g/mol. The predicted octanol–water partition coefficient (Wildman–Crippen LogP) is 5.18. The van der Waals surface area contributed by atoms with Gasteiger partial charge in [-0.15, -0.1) is 23.1 Å². The number of rotatable bonds is 4. The fraction of sp³-hybridized carbons (Fsp3) is 0.357. The predicted molar refractivity (Wildman–Crippen MR) is 78.0 cm³/mol. The average Bonchev–Trinajstić information content (AvgIpc) is 2.79. The molecule has 4 heteroatoms. The van der Waals surface area contributed by atoms with Gasteiger partial charge in [-0.3, -0.25) is 0 Å². The van der Waals surface area contributed by atoms with Crippen molar-refractivity contribution in [3.8, 4) is 10.6 Å². The highest BCUT2D eigenvalue weighted by atomic mass is 32.2. The van der Waals surface area contributed by atoms with E-state index in [1.54, 1.807) is 29.2 Å². The molecule has 1 aromatic heterocycles. The molecule has 0 spiro atoms. The molecule has 0 radical (unpaired) electrons. The summed E-state index contributed by atoms with van der Waals surface area (Å²) in [5.41, 5.74) is 0.654. The van der Waals surface area contributed by atoms with Crippen molar-refractivity contribution in [3.63, 3.8) is 0 Å². The van der Waals surface area contributed by atoms with Crippen molar-refractivity contribution < 1.29 is 4.39 Å². The summed E-state index contributed by atoms with van der Waals surface area (Å²) in [7, 11) is 0. The summed E-state index contributed by atoms with van der Waals surface area (Å²) in [5, 5.41) is 0.785. The van der Waals surface area contributed by atoms with Gasteiger partial charge in [0.25, 0.3) is 0 Å². The second-order valence-corrected chi connectivity index (χ2v) is 6.64. The highest BCUT2D eigenvalue weighted by molar-refractivity contribution is 7.99. The van der Waals surface area contributed by atoms with Crippen LogP contribution in [0.1, 0.15) is 31.6 Å². The quantitative estimate of drug-likeness (QED) is 0.716. The standard InChI is InChI=1S/C14H16FNS2/c1-4-17-11-7-5-6-10(15)13(11)14-16-8-12(18-14)9(2)3/h5-9H,4H2,1-3H3. The Balaban J connectivity index is 2.48. The molecule has 0 saturated carbocycles. The van der Waals surface area contributed by atoms with E-state index in [1.165, 1.54) is 10.9 Å². The monoisotopic (exact) mass is 281 g/mol. The lowest BCUT2D eigenvalue weighted by Crippen LogP contribution is -1.87. The third-order valence-electron chi connectivity index (χ3n) is 2.58. The number of thioether (sulfide) groups is 1. The smallest absolute Gasteiger partial charge is 0.134 e. The number of hydrogen-bond acceptors (Lipinski definition) is 3. The molecular formula is C14H16FNS2. The minimum atomic E-state index is -0.182. The Hall–Kier alpha value is -0.870. The van der Waals surface area contributed by atoms with E-state index in [-0.39, 0.29) is 5.82 Å². The van der Waals surface area contributed by atoms with Crippen LogP contribution in [-0.4, -0.2) is 10.7 Å². The van der Waals surface area contributed by atoms with Gasteiger partial charge >= 0.3 is 0 Å². The van der Waals surface area contributed by atoms with Crippen molar-refractivity contribution in [1.29, 1.82) is 0 Å². The lowest BCUT2D eigenvalue weighted by atomic mass is 10.2. The summed E-state index contributed by atoms with van der Waals surface area (Å²) in [6, 6.07) is 5.22. The summed E-state index contributed by atoms with van der Waals surface area (Å²) in [6.45, 7) is 6.32. The fourth-order valence-electron chi connectivity index (χ4n) is 1.66. The van der Waals surface area contributed by atoms with Crippen LogP contribution in [-0.2, 0) is 0 Å². The van der Waals surface area contributed by atoms with Crippen molar-refractivity contribution in [3.05, 3.63) is 35.1 Å². The molecule has 1 aromatic carbocycles. The number of hydrogen-bond donors (Lipinski definition) is 0. The molecule has 1 nitrogen and oxygen atoms in total. The van der Waals surface area contributed by atoms with Gasteiger partial charge in [-0.05, 0) is 23.8 Å². The summed E-state index contributed by atoms with van der Waals surface area (Å²) in [5.74, 6) is 1.18. The van der Waals surface area contributed by atoms with Crippen LogP contribution in [0.25, 0.3) is 10.6 Å². The Bertz CT molecular complexity index is 534. The molecule has 2 rings (SSSR count). The SMILES string of the molecule is CCSc1cccc(F)c1-c1ncc(C(C)C)s1. The zero-order valence-electron chi connectivity index (χ0n) is 10.7. The van der Waals surface area contributed by atoms with Crippen LogP contribution in [0, 0.1) is 5.82 Å². The Kier molecular flexibility index (Phi) is 4.40. The number of thiazole rings is 1. The Labute approximate surface area is 115 Å². The molecule has 18 heavy (non-hydrogen) atoms. The molecule has 0 atom stereocenters. The lowest BCUT2D eigenvalue weighted by Gasteiger charge is -2.06. The summed E-state index contributed by atoms with van der Waals surface area (Å²) >= 11 is 3.24. The first-order valence-corrected chi connectivity index (χ1v) is 7.81. The normalized spacial score (nSPS) is 11.2. The number of nitrogens with zero attached hydrogens (tertiary/aromatic N) is 1. The molecule has 0 fully saturated rings. The van der Waals surface area contributed by atoms with E-state index in [0.717, 1.165) is 15.7 Å². The first kappa shape index (κ1) is 13.6. The van der Waals surface area contributed by atoms with Gasteiger partial charge in [0.1, 0.15) is 10.8 Å². The van der Waals surface area contributed by atoms with Crippen LogP contribution < -0.4 is 0 Å². The fourth-order valence-corrected chi connectivity index (χ4v) is 3.52. The molecule has 0 unspecified atom stereocenters. The lowest BCUT2D eigenvalue weighted by molar-refractivity contribution is 0.628. The minimum absolute atomic E-state index is 0.182. The first-order valence-electron chi connectivity index (χ1n) is 6.01. The van der Waals surface area contributed by atoms with Crippen LogP contribution in [0.5, 0.6) is 0 Å². The molecule has 0 aliphatic heterocycles. The molecule has 0 bridgehead atoms.